The molecule has 0 N–H and O–H groups in total. The fraction of sp³-hybridized carbons (Fsp3) is 0.704. The Hall–Kier alpha value is -1.46. The summed E-state index contributed by atoms with van der Waals surface area (Å²) in [5.74, 6) is 0.398. The maximum absolute atomic E-state index is 12.8. The second-order valence-corrected chi connectivity index (χ2v) is 15.6. The molecule has 0 aliphatic heterocycles. The molecule has 0 radical (unpaired) electrons. The molecule has 182 valence electrons. The molecule has 1 aliphatic rings. The smallest absolute Gasteiger partial charge is 0.305 e. The summed E-state index contributed by atoms with van der Waals surface area (Å²) in [6.07, 6.45) is 10.4. The molecule has 4 nitrogen and oxygen atoms in total. The number of esters is 1. The summed E-state index contributed by atoms with van der Waals surface area (Å²) < 4.78 is 11.5. The number of carbonyl (C=O) groups excluding carboxylic acids is 2. The molecule has 0 bridgehead atoms. The number of rotatable bonds is 14. The van der Waals surface area contributed by atoms with Crippen LogP contribution in [-0.2, 0) is 18.8 Å². The van der Waals surface area contributed by atoms with Crippen LogP contribution in [0.25, 0.3) is 0 Å². The minimum atomic E-state index is -1.95. The maximum atomic E-state index is 12.8. The normalized spacial score (nSPS) is 23.9. The van der Waals surface area contributed by atoms with Crippen LogP contribution in [0.4, 0.5) is 0 Å². The Morgan fingerprint density at radius 2 is 1.62 bits per heavy atom. The quantitative estimate of drug-likeness (QED) is 0.122. The minimum absolute atomic E-state index is 0.0999. The third-order valence-corrected chi connectivity index (χ3v) is 13.6. The number of allylic oxidation sites excluding steroid dienone is 4. The number of methoxy groups -OCH3 is 1. The van der Waals surface area contributed by atoms with E-state index in [1.165, 1.54) is 13.2 Å². The lowest BCUT2D eigenvalue weighted by molar-refractivity contribution is -0.140. The van der Waals surface area contributed by atoms with E-state index in [0.29, 0.717) is 36.1 Å². The summed E-state index contributed by atoms with van der Waals surface area (Å²) in [6, 6.07) is 0. The van der Waals surface area contributed by atoms with Gasteiger partial charge in [-0.1, -0.05) is 66.3 Å². The first-order valence-electron chi connectivity index (χ1n) is 12.2. The van der Waals surface area contributed by atoms with Crippen molar-refractivity contribution in [2.75, 3.05) is 13.7 Å². The van der Waals surface area contributed by atoms with Crippen molar-refractivity contribution in [3.8, 4) is 0 Å². The summed E-state index contributed by atoms with van der Waals surface area (Å²) in [6.45, 7) is 22.2. The number of hydrogen-bond acceptors (Lipinski definition) is 4. The van der Waals surface area contributed by atoms with E-state index in [2.05, 4.69) is 66.9 Å². The van der Waals surface area contributed by atoms with E-state index < -0.39 is 8.32 Å². The third kappa shape index (κ3) is 6.77. The van der Waals surface area contributed by atoms with Crippen molar-refractivity contribution in [2.45, 2.75) is 83.8 Å². The lowest BCUT2D eigenvalue weighted by Gasteiger charge is -2.42. The molecule has 0 unspecified atom stereocenters. The van der Waals surface area contributed by atoms with Gasteiger partial charge in [-0.05, 0) is 59.7 Å². The predicted octanol–water partition coefficient (Wildman–Crippen LogP) is 6.89. The second-order valence-electron chi connectivity index (χ2n) is 10.1. The fourth-order valence-corrected chi connectivity index (χ4v) is 11.6. The highest BCUT2D eigenvalue weighted by Crippen LogP contribution is 2.47. The van der Waals surface area contributed by atoms with Crippen LogP contribution >= 0.6 is 0 Å². The Morgan fingerprint density at radius 3 is 2.09 bits per heavy atom. The molecule has 1 saturated carbocycles. The van der Waals surface area contributed by atoms with Gasteiger partial charge in [-0.2, -0.15) is 0 Å². The molecule has 0 aromatic rings. The van der Waals surface area contributed by atoms with Crippen molar-refractivity contribution in [1.82, 2.24) is 0 Å². The highest BCUT2D eigenvalue weighted by molar-refractivity contribution is 6.77. The molecule has 1 fully saturated rings. The number of ether oxygens (including phenoxy) is 1. The Bertz CT molecular complexity index is 643. The molecular weight excluding hydrogens is 416 g/mol. The van der Waals surface area contributed by atoms with E-state index in [1.54, 1.807) is 0 Å². The van der Waals surface area contributed by atoms with Crippen LogP contribution in [0.15, 0.2) is 37.5 Å². The third-order valence-electron chi connectivity index (χ3n) is 7.49. The van der Waals surface area contributed by atoms with E-state index in [0.717, 1.165) is 12.8 Å². The summed E-state index contributed by atoms with van der Waals surface area (Å²) in [4.78, 5) is 24.2. The molecule has 0 saturated heterocycles. The number of hydrogen-bond donors (Lipinski definition) is 0. The van der Waals surface area contributed by atoms with Crippen molar-refractivity contribution in [3.05, 3.63) is 37.5 Å². The molecule has 0 aromatic heterocycles. The van der Waals surface area contributed by atoms with Crippen LogP contribution in [0.1, 0.15) is 67.2 Å². The molecule has 0 aromatic carbocycles. The number of ketones is 1. The van der Waals surface area contributed by atoms with Crippen molar-refractivity contribution in [1.29, 1.82) is 0 Å². The van der Waals surface area contributed by atoms with Gasteiger partial charge >= 0.3 is 5.97 Å². The lowest BCUT2D eigenvalue weighted by Crippen LogP contribution is -2.48. The molecule has 0 heterocycles. The zero-order valence-corrected chi connectivity index (χ0v) is 22.4. The molecule has 1 aliphatic carbocycles. The van der Waals surface area contributed by atoms with Crippen LogP contribution < -0.4 is 0 Å². The average molecular weight is 463 g/mol. The molecule has 1 rings (SSSR count). The van der Waals surface area contributed by atoms with Gasteiger partial charge in [0.2, 0.25) is 0 Å². The molecule has 5 heteroatoms. The Kier molecular flexibility index (Phi) is 11.9. The SMILES string of the molecule is C=CC(=O)[C@@H]1[C@@H](CCO[Si](C(C)C)(C(C)C)C(C)C)[C@H](/C=C/CCC(=O)OC)C[C@@H]1C=C. The summed E-state index contributed by atoms with van der Waals surface area (Å²) in [5, 5.41) is 0. The molecule has 4 atom stereocenters. The Balaban J connectivity index is 3.04. The predicted molar refractivity (Wildman–Crippen MR) is 136 cm³/mol. The fourth-order valence-electron chi connectivity index (χ4n) is 6.08. The van der Waals surface area contributed by atoms with E-state index >= 15 is 0 Å². The molecule has 32 heavy (non-hydrogen) atoms. The van der Waals surface area contributed by atoms with Gasteiger partial charge in [0.1, 0.15) is 0 Å². The van der Waals surface area contributed by atoms with Gasteiger partial charge in [0, 0.05) is 18.9 Å². The first-order chi connectivity index (χ1) is 15.1. The summed E-state index contributed by atoms with van der Waals surface area (Å²) in [5.41, 5.74) is 1.60. The summed E-state index contributed by atoms with van der Waals surface area (Å²) >= 11 is 0. The van der Waals surface area contributed by atoms with Crippen LogP contribution in [0.3, 0.4) is 0 Å². The zero-order chi connectivity index (χ0) is 24.5. The monoisotopic (exact) mass is 462 g/mol. The van der Waals surface area contributed by atoms with Crippen LogP contribution in [-0.4, -0.2) is 33.8 Å². The highest BCUT2D eigenvalue weighted by Gasteiger charge is 2.47. The largest absolute Gasteiger partial charge is 0.469 e. The van der Waals surface area contributed by atoms with Gasteiger partial charge in [0.15, 0.2) is 14.1 Å². The van der Waals surface area contributed by atoms with Gasteiger partial charge in [-0.25, -0.2) is 0 Å². The first-order valence-corrected chi connectivity index (χ1v) is 14.4. The first kappa shape index (κ1) is 28.6. The number of carbonyl (C=O) groups is 2. The molecule has 0 amide bonds. The van der Waals surface area contributed by atoms with Crippen molar-refractivity contribution >= 4 is 20.1 Å². The highest BCUT2D eigenvalue weighted by atomic mass is 28.4. The van der Waals surface area contributed by atoms with Gasteiger partial charge in [0.25, 0.3) is 0 Å². The molecule has 0 spiro atoms. The standard InChI is InChI=1S/C27H46O4Si/c1-10-22-18-23(14-12-13-15-26(29)30-9)24(27(22)25(28)11-2)16-17-31-32(19(3)4,20(5)6)21(7)8/h10-12,14,19-24,27H,1-2,13,15-18H2,3-9H3/b14-12+/t22-,23+,24-,27-/m0/s1. The topological polar surface area (TPSA) is 52.6 Å². The maximum Gasteiger partial charge on any atom is 0.305 e. The van der Waals surface area contributed by atoms with Crippen molar-refractivity contribution in [2.24, 2.45) is 23.7 Å². The van der Waals surface area contributed by atoms with Crippen LogP contribution in [0.2, 0.25) is 16.6 Å². The van der Waals surface area contributed by atoms with Gasteiger partial charge in [-0.15, -0.1) is 6.58 Å². The van der Waals surface area contributed by atoms with Crippen LogP contribution in [0, 0.1) is 23.7 Å². The summed E-state index contributed by atoms with van der Waals surface area (Å²) in [7, 11) is -0.536. The molecular formula is C27H46O4Si. The van der Waals surface area contributed by atoms with E-state index in [9.17, 15) is 9.59 Å². The second kappa shape index (κ2) is 13.3. The zero-order valence-electron chi connectivity index (χ0n) is 21.4. The van der Waals surface area contributed by atoms with Gasteiger partial charge in [0.05, 0.1) is 7.11 Å². The van der Waals surface area contributed by atoms with E-state index in [-0.39, 0.29) is 35.4 Å². The van der Waals surface area contributed by atoms with Gasteiger partial charge in [-0.3, -0.25) is 9.59 Å². The van der Waals surface area contributed by atoms with Gasteiger partial charge < -0.3 is 9.16 Å². The average Bonchev–Trinajstić information content (AvgIpc) is 3.09. The van der Waals surface area contributed by atoms with Crippen molar-refractivity contribution < 1.29 is 18.8 Å². The van der Waals surface area contributed by atoms with Crippen LogP contribution in [0.5, 0.6) is 0 Å². The van der Waals surface area contributed by atoms with Crippen molar-refractivity contribution in [3.63, 3.8) is 0 Å². The Morgan fingerprint density at radius 1 is 1.03 bits per heavy atom. The van der Waals surface area contributed by atoms with E-state index in [1.807, 2.05) is 6.08 Å². The Labute approximate surface area is 197 Å². The minimum Gasteiger partial charge on any atom is -0.469 e. The lowest BCUT2D eigenvalue weighted by atomic mass is 9.81. The van der Waals surface area contributed by atoms with E-state index in [4.69, 9.17) is 9.16 Å².